The van der Waals surface area contributed by atoms with Crippen molar-refractivity contribution >= 4 is 0 Å². The summed E-state index contributed by atoms with van der Waals surface area (Å²) in [6, 6.07) is 0. The lowest BCUT2D eigenvalue weighted by Gasteiger charge is -2.08. The second kappa shape index (κ2) is 5.55. The molecule has 1 rings (SSSR count). The molecule has 2 heteroatoms. The van der Waals surface area contributed by atoms with Crippen molar-refractivity contribution in [2.24, 2.45) is 5.92 Å². The fourth-order valence-electron chi connectivity index (χ4n) is 1.47. The van der Waals surface area contributed by atoms with Crippen molar-refractivity contribution in [3.8, 4) is 0 Å². The Hall–Kier alpha value is -0.0800. The second-order valence-electron chi connectivity index (χ2n) is 3.80. The summed E-state index contributed by atoms with van der Waals surface area (Å²) in [6.07, 6.45) is 7.86. The Bertz CT molecular complexity index is 110. The highest BCUT2D eigenvalue weighted by molar-refractivity contribution is 4.56. The summed E-state index contributed by atoms with van der Waals surface area (Å²) >= 11 is 0. The Kier molecular flexibility index (Phi) is 4.62. The third-order valence-electron chi connectivity index (χ3n) is 2.42. The van der Waals surface area contributed by atoms with Gasteiger partial charge in [-0.1, -0.05) is 39.5 Å². The third-order valence-corrected chi connectivity index (χ3v) is 2.42. The first-order chi connectivity index (χ1) is 5.83. The Labute approximate surface area is 75.2 Å². The molecule has 1 atom stereocenters. The van der Waals surface area contributed by atoms with E-state index in [1.165, 1.54) is 32.1 Å². The van der Waals surface area contributed by atoms with Crippen molar-refractivity contribution in [1.82, 2.24) is 0 Å². The van der Waals surface area contributed by atoms with Crippen LogP contribution < -0.4 is 0 Å². The molecule has 0 bridgehead atoms. The van der Waals surface area contributed by atoms with Gasteiger partial charge in [0.25, 0.3) is 0 Å². The van der Waals surface area contributed by atoms with Crippen molar-refractivity contribution in [2.75, 3.05) is 0 Å². The average Bonchev–Trinajstić information content (AvgIpc) is 2.84. The fourth-order valence-corrected chi connectivity index (χ4v) is 1.47. The molecular formula is C10H20O2. The van der Waals surface area contributed by atoms with Crippen molar-refractivity contribution in [1.29, 1.82) is 0 Å². The van der Waals surface area contributed by atoms with E-state index < -0.39 is 0 Å². The summed E-state index contributed by atoms with van der Waals surface area (Å²) in [6.45, 7) is 4.59. The molecule has 12 heavy (non-hydrogen) atoms. The largest absolute Gasteiger partial charge is 0.224 e. The van der Waals surface area contributed by atoms with Crippen molar-refractivity contribution in [3.63, 3.8) is 0 Å². The maximum Gasteiger partial charge on any atom is 0.224 e. The Morgan fingerprint density at radius 2 is 1.83 bits per heavy atom. The van der Waals surface area contributed by atoms with Gasteiger partial charge >= 0.3 is 0 Å². The maximum atomic E-state index is 4.67. The van der Waals surface area contributed by atoms with Gasteiger partial charge in [0.05, 0.1) is 0 Å². The summed E-state index contributed by atoms with van der Waals surface area (Å²) in [5.41, 5.74) is 0. The monoisotopic (exact) mass is 172 g/mol. The second-order valence-corrected chi connectivity index (χ2v) is 3.80. The van der Waals surface area contributed by atoms with Gasteiger partial charge in [-0.15, -0.1) is 0 Å². The molecule has 1 aliphatic rings. The quantitative estimate of drug-likeness (QED) is 0.435. The Morgan fingerprint density at radius 3 is 2.42 bits per heavy atom. The molecule has 0 N–H and O–H groups in total. The zero-order valence-corrected chi connectivity index (χ0v) is 8.21. The maximum absolute atomic E-state index is 4.67. The van der Waals surface area contributed by atoms with Crippen LogP contribution in [0.2, 0.25) is 0 Å². The van der Waals surface area contributed by atoms with E-state index in [4.69, 9.17) is 0 Å². The van der Waals surface area contributed by atoms with Crippen molar-refractivity contribution in [3.05, 3.63) is 0 Å². The molecular weight excluding hydrogens is 152 g/mol. The number of hydrogen-bond donors (Lipinski definition) is 0. The van der Waals surface area contributed by atoms with E-state index in [9.17, 15) is 0 Å². The van der Waals surface area contributed by atoms with Gasteiger partial charge in [-0.2, -0.15) is 9.78 Å². The van der Waals surface area contributed by atoms with Crippen LogP contribution in [-0.4, -0.2) is 6.29 Å². The standard InChI is InChI=1S/C10H20O2/c1-3-4-6-9(2)7-5-8-10-11-12-10/h9-10H,3-8H2,1-2H3. The smallest absolute Gasteiger partial charge is 0.199 e. The minimum atomic E-state index is 0.142. The predicted molar refractivity (Wildman–Crippen MR) is 48.5 cm³/mol. The molecule has 0 aliphatic carbocycles. The molecule has 0 radical (unpaired) electrons. The van der Waals surface area contributed by atoms with Crippen LogP contribution >= 0.6 is 0 Å². The molecule has 1 saturated heterocycles. The Morgan fingerprint density at radius 1 is 1.17 bits per heavy atom. The van der Waals surface area contributed by atoms with E-state index in [0.717, 1.165) is 12.3 Å². The topological polar surface area (TPSA) is 25.1 Å². The van der Waals surface area contributed by atoms with Crippen LogP contribution in [0.3, 0.4) is 0 Å². The first-order valence-electron chi connectivity index (χ1n) is 5.15. The van der Waals surface area contributed by atoms with Gasteiger partial charge in [0, 0.05) is 6.42 Å². The molecule has 0 amide bonds. The van der Waals surface area contributed by atoms with Gasteiger partial charge in [-0.3, -0.25) is 0 Å². The number of unbranched alkanes of at least 4 members (excludes halogenated alkanes) is 1. The zero-order chi connectivity index (χ0) is 8.81. The Balaban J connectivity index is 1.83. The summed E-state index contributed by atoms with van der Waals surface area (Å²) in [4.78, 5) is 9.34. The van der Waals surface area contributed by atoms with E-state index in [-0.39, 0.29) is 6.29 Å². The first-order valence-corrected chi connectivity index (χ1v) is 5.15. The molecule has 0 spiro atoms. The average molecular weight is 172 g/mol. The third kappa shape index (κ3) is 4.73. The van der Waals surface area contributed by atoms with Gasteiger partial charge < -0.3 is 0 Å². The highest BCUT2D eigenvalue weighted by Crippen LogP contribution is 2.22. The van der Waals surface area contributed by atoms with E-state index in [0.29, 0.717) is 0 Å². The zero-order valence-electron chi connectivity index (χ0n) is 8.21. The van der Waals surface area contributed by atoms with Crippen molar-refractivity contribution in [2.45, 2.75) is 58.7 Å². The lowest BCUT2D eigenvalue weighted by atomic mass is 9.98. The molecule has 72 valence electrons. The van der Waals surface area contributed by atoms with E-state index in [1.807, 2.05) is 0 Å². The van der Waals surface area contributed by atoms with Crippen LogP contribution in [0.4, 0.5) is 0 Å². The van der Waals surface area contributed by atoms with Gasteiger partial charge in [-0.25, -0.2) is 0 Å². The van der Waals surface area contributed by atoms with E-state index in [2.05, 4.69) is 23.6 Å². The van der Waals surface area contributed by atoms with E-state index in [1.54, 1.807) is 0 Å². The lowest BCUT2D eigenvalue weighted by Crippen LogP contribution is -1.95. The molecule has 1 fully saturated rings. The van der Waals surface area contributed by atoms with Crippen LogP contribution in [0.1, 0.15) is 52.4 Å². The highest BCUT2D eigenvalue weighted by atomic mass is 17.4. The molecule has 0 aromatic heterocycles. The summed E-state index contributed by atoms with van der Waals surface area (Å²) in [5.74, 6) is 0.878. The molecule has 0 aromatic rings. The molecule has 0 aromatic carbocycles. The van der Waals surface area contributed by atoms with Gasteiger partial charge in [0.15, 0.2) is 0 Å². The fraction of sp³-hybridized carbons (Fsp3) is 1.00. The summed E-state index contributed by atoms with van der Waals surface area (Å²) in [7, 11) is 0. The van der Waals surface area contributed by atoms with Crippen LogP contribution in [0.15, 0.2) is 0 Å². The number of rotatable bonds is 7. The highest BCUT2D eigenvalue weighted by Gasteiger charge is 2.24. The normalized spacial score (nSPS) is 19.5. The van der Waals surface area contributed by atoms with Crippen molar-refractivity contribution < 1.29 is 9.78 Å². The van der Waals surface area contributed by atoms with E-state index >= 15 is 0 Å². The molecule has 2 nitrogen and oxygen atoms in total. The van der Waals surface area contributed by atoms with Crippen LogP contribution in [0, 0.1) is 5.92 Å². The van der Waals surface area contributed by atoms with Gasteiger partial charge in [0.2, 0.25) is 6.29 Å². The summed E-state index contributed by atoms with van der Waals surface area (Å²) < 4.78 is 0. The minimum Gasteiger partial charge on any atom is -0.199 e. The van der Waals surface area contributed by atoms with Crippen LogP contribution in [0.5, 0.6) is 0 Å². The molecule has 1 heterocycles. The number of hydrogen-bond acceptors (Lipinski definition) is 2. The lowest BCUT2D eigenvalue weighted by molar-refractivity contribution is 0.0850. The molecule has 0 saturated carbocycles. The first kappa shape index (κ1) is 10.0. The SMILES string of the molecule is CCCCC(C)CCCC1OO1. The molecule has 1 unspecified atom stereocenters. The summed E-state index contributed by atoms with van der Waals surface area (Å²) in [5, 5.41) is 0. The predicted octanol–water partition coefficient (Wildman–Crippen LogP) is 3.27. The van der Waals surface area contributed by atoms with Gasteiger partial charge in [-0.05, 0) is 12.3 Å². The molecule has 1 aliphatic heterocycles. The van der Waals surface area contributed by atoms with Crippen LogP contribution in [-0.2, 0) is 9.78 Å². The van der Waals surface area contributed by atoms with Crippen LogP contribution in [0.25, 0.3) is 0 Å². The minimum absolute atomic E-state index is 0.142. The van der Waals surface area contributed by atoms with Gasteiger partial charge in [0.1, 0.15) is 0 Å².